The van der Waals surface area contributed by atoms with Crippen LogP contribution in [0.3, 0.4) is 0 Å². The van der Waals surface area contributed by atoms with Crippen molar-refractivity contribution in [2.24, 2.45) is 0 Å². The van der Waals surface area contributed by atoms with Gasteiger partial charge in [-0.05, 0) is 18.6 Å². The number of para-hydroxylation sites is 1. The van der Waals surface area contributed by atoms with Gasteiger partial charge in [0.15, 0.2) is 5.82 Å². The summed E-state index contributed by atoms with van der Waals surface area (Å²) >= 11 is 0. The van der Waals surface area contributed by atoms with Crippen molar-refractivity contribution >= 4 is 5.91 Å². The minimum absolute atomic E-state index is 0.0939. The molecule has 0 radical (unpaired) electrons. The molecule has 23 heavy (non-hydrogen) atoms. The predicted octanol–water partition coefficient (Wildman–Crippen LogP) is 2.10. The van der Waals surface area contributed by atoms with Crippen LogP contribution in [0.25, 0.3) is 0 Å². The number of hydrogen-bond acceptors (Lipinski definition) is 4. The fraction of sp³-hybridized carbons (Fsp3) is 0.400. The van der Waals surface area contributed by atoms with Gasteiger partial charge in [-0.15, -0.1) is 10.2 Å². The fourth-order valence-corrected chi connectivity index (χ4v) is 2.66. The molecule has 1 aromatic heterocycles. The van der Waals surface area contributed by atoms with E-state index in [4.69, 9.17) is 0 Å². The summed E-state index contributed by atoms with van der Waals surface area (Å²) < 4.78 is 31.3. The zero-order valence-corrected chi connectivity index (χ0v) is 12.6. The van der Waals surface area contributed by atoms with E-state index < -0.39 is 12.5 Å². The van der Waals surface area contributed by atoms with Gasteiger partial charge in [0.05, 0.1) is 12.1 Å². The first-order valence-electron chi connectivity index (χ1n) is 7.26. The van der Waals surface area contributed by atoms with Gasteiger partial charge in [0, 0.05) is 20.0 Å². The third kappa shape index (κ3) is 3.15. The molecule has 0 saturated carbocycles. The van der Waals surface area contributed by atoms with Crippen LogP contribution >= 0.6 is 0 Å². The van der Waals surface area contributed by atoms with Crippen LogP contribution in [0.5, 0.6) is 5.75 Å². The number of benzene rings is 1. The highest BCUT2D eigenvalue weighted by molar-refractivity contribution is 5.96. The van der Waals surface area contributed by atoms with E-state index >= 15 is 0 Å². The molecular formula is C15H16F2N4O2. The number of amides is 1. The van der Waals surface area contributed by atoms with Gasteiger partial charge >= 0.3 is 6.61 Å². The quantitative estimate of drug-likeness (QED) is 0.846. The number of carbonyl (C=O) groups excluding carboxylic acids is 1. The van der Waals surface area contributed by atoms with Crippen molar-refractivity contribution < 1.29 is 18.3 Å². The standard InChI is InChI=1S/C15H16F2N4O2/c1-20(9-13-19-18-12-7-4-8-21(12)13)14(22)10-5-2-3-6-11(10)23-15(16)17/h2-3,5-6,15H,4,7-9H2,1H3. The lowest BCUT2D eigenvalue weighted by atomic mass is 10.2. The second kappa shape index (κ2) is 6.31. The molecule has 122 valence electrons. The molecule has 2 heterocycles. The lowest BCUT2D eigenvalue weighted by molar-refractivity contribution is -0.0502. The molecule has 0 spiro atoms. The zero-order chi connectivity index (χ0) is 16.4. The molecule has 0 atom stereocenters. The summed E-state index contributed by atoms with van der Waals surface area (Å²) in [6, 6.07) is 5.96. The van der Waals surface area contributed by atoms with Gasteiger partial charge in [-0.1, -0.05) is 12.1 Å². The molecule has 2 aromatic rings. The Hall–Kier alpha value is -2.51. The molecular weight excluding hydrogens is 306 g/mol. The van der Waals surface area contributed by atoms with Crippen molar-refractivity contribution in [3.63, 3.8) is 0 Å². The molecule has 0 N–H and O–H groups in total. The molecule has 0 bridgehead atoms. The summed E-state index contributed by atoms with van der Waals surface area (Å²) in [6.45, 7) is -1.88. The first-order chi connectivity index (χ1) is 11.1. The summed E-state index contributed by atoms with van der Waals surface area (Å²) in [5.74, 6) is 1.07. The van der Waals surface area contributed by atoms with E-state index in [0.717, 1.165) is 25.2 Å². The van der Waals surface area contributed by atoms with Gasteiger partial charge in [0.1, 0.15) is 11.6 Å². The third-order valence-corrected chi connectivity index (χ3v) is 3.74. The van der Waals surface area contributed by atoms with Gasteiger partial charge < -0.3 is 14.2 Å². The predicted molar refractivity (Wildman–Crippen MR) is 77.2 cm³/mol. The van der Waals surface area contributed by atoms with E-state index in [1.165, 1.54) is 17.0 Å². The average molecular weight is 322 g/mol. The van der Waals surface area contributed by atoms with E-state index in [1.54, 1.807) is 19.2 Å². The molecule has 1 aliphatic heterocycles. The second-order valence-electron chi connectivity index (χ2n) is 5.32. The molecule has 6 nitrogen and oxygen atoms in total. The number of hydrogen-bond donors (Lipinski definition) is 0. The van der Waals surface area contributed by atoms with Crippen molar-refractivity contribution in [2.75, 3.05) is 7.05 Å². The highest BCUT2D eigenvalue weighted by atomic mass is 19.3. The van der Waals surface area contributed by atoms with E-state index in [-0.39, 0.29) is 17.9 Å². The Labute approximate surface area is 131 Å². The molecule has 0 aliphatic carbocycles. The zero-order valence-electron chi connectivity index (χ0n) is 12.6. The maximum absolute atomic E-state index is 12.5. The number of rotatable bonds is 5. The number of alkyl halides is 2. The summed E-state index contributed by atoms with van der Waals surface area (Å²) in [5, 5.41) is 8.18. The number of ether oxygens (including phenoxy) is 1. The van der Waals surface area contributed by atoms with Crippen LogP contribution in [0.1, 0.15) is 28.4 Å². The Bertz CT molecular complexity index is 717. The van der Waals surface area contributed by atoms with Gasteiger partial charge in [0.25, 0.3) is 5.91 Å². The second-order valence-corrected chi connectivity index (χ2v) is 5.32. The number of aromatic nitrogens is 3. The van der Waals surface area contributed by atoms with E-state index in [2.05, 4.69) is 14.9 Å². The highest BCUT2D eigenvalue weighted by Crippen LogP contribution is 2.22. The summed E-state index contributed by atoms with van der Waals surface area (Å²) in [4.78, 5) is 13.9. The minimum atomic E-state index is -2.98. The number of fused-ring (bicyclic) bond motifs is 1. The average Bonchev–Trinajstić information content (AvgIpc) is 3.11. The SMILES string of the molecule is CN(Cc1nnc2n1CCC2)C(=O)c1ccccc1OC(F)F. The van der Waals surface area contributed by atoms with Crippen molar-refractivity contribution in [1.29, 1.82) is 0 Å². The summed E-state index contributed by atoms with van der Waals surface area (Å²) in [7, 11) is 1.60. The Morgan fingerprint density at radius 3 is 2.96 bits per heavy atom. The van der Waals surface area contributed by atoms with Crippen LogP contribution in [0.2, 0.25) is 0 Å². The molecule has 1 amide bonds. The first-order valence-corrected chi connectivity index (χ1v) is 7.26. The first kappa shape index (κ1) is 15.4. The Balaban J connectivity index is 1.77. The van der Waals surface area contributed by atoms with Gasteiger partial charge in [-0.3, -0.25) is 4.79 Å². The smallest absolute Gasteiger partial charge is 0.387 e. The van der Waals surface area contributed by atoms with Gasteiger partial charge in [-0.2, -0.15) is 8.78 Å². The molecule has 8 heteroatoms. The third-order valence-electron chi connectivity index (χ3n) is 3.74. The van der Waals surface area contributed by atoms with Gasteiger partial charge in [0.2, 0.25) is 0 Å². The molecule has 0 fully saturated rings. The Morgan fingerprint density at radius 2 is 2.17 bits per heavy atom. The van der Waals surface area contributed by atoms with Crippen molar-refractivity contribution in [1.82, 2.24) is 19.7 Å². The monoisotopic (exact) mass is 322 g/mol. The van der Waals surface area contributed by atoms with Crippen LogP contribution in [-0.2, 0) is 19.5 Å². The maximum atomic E-state index is 12.5. The fourth-order valence-electron chi connectivity index (χ4n) is 2.66. The van der Waals surface area contributed by atoms with Gasteiger partial charge in [-0.25, -0.2) is 0 Å². The number of carbonyl (C=O) groups is 1. The Kier molecular flexibility index (Phi) is 4.22. The van der Waals surface area contributed by atoms with Crippen LogP contribution in [0.4, 0.5) is 8.78 Å². The van der Waals surface area contributed by atoms with Crippen molar-refractivity contribution in [2.45, 2.75) is 32.5 Å². The van der Waals surface area contributed by atoms with Crippen LogP contribution in [0, 0.1) is 0 Å². The highest BCUT2D eigenvalue weighted by Gasteiger charge is 2.22. The van der Waals surface area contributed by atoms with E-state index in [0.29, 0.717) is 5.82 Å². The van der Waals surface area contributed by atoms with Crippen molar-refractivity contribution in [3.05, 3.63) is 41.5 Å². The molecule has 3 rings (SSSR count). The lowest BCUT2D eigenvalue weighted by Gasteiger charge is -2.18. The summed E-state index contributed by atoms with van der Waals surface area (Å²) in [5.41, 5.74) is 0.0939. The minimum Gasteiger partial charge on any atom is -0.434 e. The van der Waals surface area contributed by atoms with Crippen LogP contribution < -0.4 is 4.74 Å². The number of aryl methyl sites for hydroxylation is 1. The largest absolute Gasteiger partial charge is 0.434 e. The summed E-state index contributed by atoms with van der Waals surface area (Å²) in [6.07, 6.45) is 1.90. The number of halogens is 2. The van der Waals surface area contributed by atoms with E-state index in [1.807, 2.05) is 4.57 Å². The molecule has 0 saturated heterocycles. The Morgan fingerprint density at radius 1 is 1.39 bits per heavy atom. The molecule has 0 unspecified atom stereocenters. The van der Waals surface area contributed by atoms with Crippen LogP contribution in [-0.4, -0.2) is 39.2 Å². The van der Waals surface area contributed by atoms with Crippen molar-refractivity contribution in [3.8, 4) is 5.75 Å². The molecule has 1 aromatic carbocycles. The topological polar surface area (TPSA) is 60.2 Å². The van der Waals surface area contributed by atoms with E-state index in [9.17, 15) is 13.6 Å². The molecule has 1 aliphatic rings. The maximum Gasteiger partial charge on any atom is 0.387 e. The lowest BCUT2D eigenvalue weighted by Crippen LogP contribution is -2.28. The number of nitrogens with zero attached hydrogens (tertiary/aromatic N) is 4. The normalized spacial score (nSPS) is 13.2. The van der Waals surface area contributed by atoms with Crippen LogP contribution in [0.15, 0.2) is 24.3 Å².